The minimum Gasteiger partial charge on any atom is -0.374 e. The number of hydrogen-bond donors (Lipinski definition) is 1. The molecule has 0 saturated carbocycles. The van der Waals surface area contributed by atoms with Crippen molar-refractivity contribution < 1.29 is 17.9 Å². The number of halogens is 4. The van der Waals surface area contributed by atoms with Crippen molar-refractivity contribution in [1.29, 1.82) is 0 Å². The van der Waals surface area contributed by atoms with Gasteiger partial charge in [-0.25, -0.2) is 13.2 Å². The Hall–Kier alpha value is -0.590. The van der Waals surface area contributed by atoms with E-state index in [1.165, 1.54) is 12.1 Å². The molecule has 1 rings (SSSR count). The van der Waals surface area contributed by atoms with Crippen LogP contribution in [0.4, 0.5) is 13.2 Å². The normalized spacial score (nSPS) is 11.1. The van der Waals surface area contributed by atoms with Crippen molar-refractivity contribution in [3.63, 3.8) is 0 Å². The van der Waals surface area contributed by atoms with Gasteiger partial charge in [-0.2, -0.15) is 0 Å². The van der Waals surface area contributed by atoms with Gasteiger partial charge in [0.25, 0.3) is 6.43 Å². The zero-order valence-corrected chi connectivity index (χ0v) is 10.6. The molecule has 0 aromatic heterocycles. The number of ether oxygens (including phenoxy) is 1. The highest BCUT2D eigenvalue weighted by molar-refractivity contribution is 9.10. The summed E-state index contributed by atoms with van der Waals surface area (Å²) in [6.07, 6.45) is -2.44. The predicted molar refractivity (Wildman–Crippen MR) is 62.6 cm³/mol. The van der Waals surface area contributed by atoms with Crippen molar-refractivity contribution in [2.45, 2.75) is 13.0 Å². The molecule has 1 aromatic carbocycles. The average molecular weight is 312 g/mol. The Bertz CT molecular complexity index is 329. The molecule has 2 nitrogen and oxygen atoms in total. The molecule has 0 bridgehead atoms. The quantitative estimate of drug-likeness (QED) is 0.782. The van der Waals surface area contributed by atoms with Gasteiger partial charge in [0.05, 0.1) is 6.61 Å². The molecule has 0 heterocycles. The molecule has 0 atom stereocenters. The maximum absolute atomic E-state index is 13.0. The predicted octanol–water partition coefficient (Wildman–Crippen LogP) is 2.96. The first-order valence-corrected chi connectivity index (χ1v) is 5.89. The molecular weight excluding hydrogens is 299 g/mol. The van der Waals surface area contributed by atoms with E-state index in [0.717, 1.165) is 5.56 Å². The highest BCUT2D eigenvalue weighted by Gasteiger charge is 2.01. The molecule has 0 aliphatic heterocycles. The molecular formula is C11H13BrF3NO. The number of alkyl halides is 2. The minimum atomic E-state index is -2.44. The van der Waals surface area contributed by atoms with E-state index in [-0.39, 0.29) is 12.4 Å². The van der Waals surface area contributed by atoms with E-state index < -0.39 is 13.0 Å². The zero-order chi connectivity index (χ0) is 12.7. The highest BCUT2D eigenvalue weighted by Crippen LogP contribution is 2.14. The van der Waals surface area contributed by atoms with Gasteiger partial charge < -0.3 is 10.1 Å². The largest absolute Gasteiger partial charge is 0.374 e. The van der Waals surface area contributed by atoms with Gasteiger partial charge in [0.15, 0.2) is 0 Å². The zero-order valence-electron chi connectivity index (χ0n) is 9.06. The third-order valence-corrected chi connectivity index (χ3v) is 2.38. The maximum atomic E-state index is 13.0. The van der Waals surface area contributed by atoms with Crippen LogP contribution < -0.4 is 5.32 Å². The molecule has 96 valence electrons. The standard InChI is InChI=1S/C11H13BrF3NO/c12-9-3-8(4-10(13)5-9)6-16-1-2-17-7-11(14)15/h3-5,11,16H,1-2,6-7H2. The molecule has 0 unspecified atom stereocenters. The lowest BCUT2D eigenvalue weighted by atomic mass is 10.2. The summed E-state index contributed by atoms with van der Waals surface area (Å²) < 4.78 is 41.7. The first kappa shape index (κ1) is 14.5. The van der Waals surface area contributed by atoms with Gasteiger partial charge in [0.1, 0.15) is 12.4 Å². The molecule has 0 aliphatic rings. The Morgan fingerprint density at radius 3 is 2.71 bits per heavy atom. The lowest BCUT2D eigenvalue weighted by Crippen LogP contribution is -2.20. The summed E-state index contributed by atoms with van der Waals surface area (Å²) in [6, 6.07) is 4.57. The van der Waals surface area contributed by atoms with Gasteiger partial charge in [0.2, 0.25) is 0 Å². The Morgan fingerprint density at radius 1 is 1.29 bits per heavy atom. The number of hydrogen-bond acceptors (Lipinski definition) is 2. The van der Waals surface area contributed by atoms with E-state index in [1.54, 1.807) is 6.07 Å². The lowest BCUT2D eigenvalue weighted by molar-refractivity contribution is 0.0187. The maximum Gasteiger partial charge on any atom is 0.261 e. The van der Waals surface area contributed by atoms with Crippen molar-refractivity contribution in [2.24, 2.45) is 0 Å². The van der Waals surface area contributed by atoms with Crippen LogP contribution >= 0.6 is 15.9 Å². The van der Waals surface area contributed by atoms with Crippen LogP contribution in [0.2, 0.25) is 0 Å². The van der Waals surface area contributed by atoms with Crippen LogP contribution in [0.5, 0.6) is 0 Å². The Balaban J connectivity index is 2.18. The summed E-state index contributed by atoms with van der Waals surface area (Å²) in [5.41, 5.74) is 0.783. The molecule has 0 radical (unpaired) electrons. The van der Waals surface area contributed by atoms with Crippen molar-refractivity contribution in [2.75, 3.05) is 19.8 Å². The monoisotopic (exact) mass is 311 g/mol. The van der Waals surface area contributed by atoms with E-state index >= 15 is 0 Å². The fourth-order valence-corrected chi connectivity index (χ4v) is 1.78. The van der Waals surface area contributed by atoms with Crippen LogP contribution in [0.1, 0.15) is 5.56 Å². The minimum absolute atomic E-state index is 0.209. The van der Waals surface area contributed by atoms with Crippen LogP contribution in [-0.2, 0) is 11.3 Å². The Labute approximate surface area is 106 Å². The molecule has 0 aliphatic carbocycles. The summed E-state index contributed by atoms with van der Waals surface area (Å²) >= 11 is 3.19. The Kier molecular flexibility index (Phi) is 6.54. The van der Waals surface area contributed by atoms with Crippen molar-refractivity contribution in [1.82, 2.24) is 5.32 Å². The van der Waals surface area contributed by atoms with Gasteiger partial charge in [0, 0.05) is 17.6 Å². The smallest absolute Gasteiger partial charge is 0.261 e. The SMILES string of the molecule is Fc1cc(Br)cc(CNCCOCC(F)F)c1. The van der Waals surface area contributed by atoms with Gasteiger partial charge in [-0.15, -0.1) is 0 Å². The van der Waals surface area contributed by atoms with Crippen LogP contribution in [0.25, 0.3) is 0 Å². The van der Waals surface area contributed by atoms with Gasteiger partial charge in [-0.05, 0) is 23.8 Å². The van der Waals surface area contributed by atoms with Crippen LogP contribution in [0.3, 0.4) is 0 Å². The second kappa shape index (κ2) is 7.68. The molecule has 1 aromatic rings. The number of nitrogens with one attached hydrogen (secondary N) is 1. The van der Waals surface area contributed by atoms with Crippen molar-refractivity contribution in [3.05, 3.63) is 34.1 Å². The summed E-state index contributed by atoms with van der Waals surface area (Å²) in [5.74, 6) is -0.315. The highest BCUT2D eigenvalue weighted by atomic mass is 79.9. The van der Waals surface area contributed by atoms with E-state index in [9.17, 15) is 13.2 Å². The van der Waals surface area contributed by atoms with Gasteiger partial charge in [-0.1, -0.05) is 15.9 Å². The van der Waals surface area contributed by atoms with Crippen LogP contribution in [0, 0.1) is 5.82 Å². The third kappa shape index (κ3) is 6.65. The topological polar surface area (TPSA) is 21.3 Å². The second-order valence-corrected chi connectivity index (χ2v) is 4.34. The van der Waals surface area contributed by atoms with E-state index in [0.29, 0.717) is 17.6 Å². The molecule has 1 N–H and O–H groups in total. The van der Waals surface area contributed by atoms with E-state index in [1.807, 2.05) is 0 Å². The molecule has 0 amide bonds. The van der Waals surface area contributed by atoms with Crippen molar-refractivity contribution in [3.8, 4) is 0 Å². The summed E-state index contributed by atoms with van der Waals surface area (Å²) in [5, 5.41) is 2.97. The number of rotatable bonds is 7. The molecule has 0 spiro atoms. The van der Waals surface area contributed by atoms with E-state index in [2.05, 4.69) is 26.0 Å². The van der Waals surface area contributed by atoms with Crippen molar-refractivity contribution >= 4 is 15.9 Å². The Morgan fingerprint density at radius 2 is 2.06 bits per heavy atom. The fraction of sp³-hybridized carbons (Fsp3) is 0.455. The molecule has 6 heteroatoms. The number of benzene rings is 1. The molecule has 0 saturated heterocycles. The first-order valence-electron chi connectivity index (χ1n) is 5.09. The van der Waals surface area contributed by atoms with Crippen LogP contribution in [0.15, 0.2) is 22.7 Å². The third-order valence-electron chi connectivity index (χ3n) is 1.92. The summed E-state index contributed by atoms with van der Waals surface area (Å²) in [6.45, 7) is 0.573. The fourth-order valence-electron chi connectivity index (χ4n) is 1.26. The van der Waals surface area contributed by atoms with Gasteiger partial charge in [-0.3, -0.25) is 0 Å². The summed E-state index contributed by atoms with van der Waals surface area (Å²) in [7, 11) is 0. The van der Waals surface area contributed by atoms with Crippen LogP contribution in [-0.4, -0.2) is 26.2 Å². The summed E-state index contributed by atoms with van der Waals surface area (Å²) in [4.78, 5) is 0. The van der Waals surface area contributed by atoms with Gasteiger partial charge >= 0.3 is 0 Å². The van der Waals surface area contributed by atoms with E-state index in [4.69, 9.17) is 0 Å². The average Bonchev–Trinajstić information content (AvgIpc) is 2.21. The lowest BCUT2D eigenvalue weighted by Gasteiger charge is -2.06. The first-order chi connectivity index (χ1) is 8.08. The molecule has 17 heavy (non-hydrogen) atoms. The second-order valence-electron chi connectivity index (χ2n) is 3.42. The molecule has 0 fully saturated rings.